The van der Waals surface area contributed by atoms with Crippen molar-refractivity contribution in [3.63, 3.8) is 0 Å². The maximum Gasteiger partial charge on any atom is 0.241 e. The van der Waals surface area contributed by atoms with Crippen molar-refractivity contribution in [2.45, 2.75) is 19.0 Å². The number of nitrogens with one attached hydrogen (secondary N) is 1. The summed E-state index contributed by atoms with van der Waals surface area (Å²) in [4.78, 5) is 14.5. The Kier molecular flexibility index (Phi) is 3.91. The normalized spacial score (nSPS) is 23.6. The fourth-order valence-electron chi connectivity index (χ4n) is 3.25. The summed E-state index contributed by atoms with van der Waals surface area (Å²) in [7, 11) is 0. The lowest BCUT2D eigenvalue weighted by molar-refractivity contribution is -0.134. The van der Waals surface area contributed by atoms with Crippen LogP contribution in [0.15, 0.2) is 18.2 Å². The number of hydrazine groups is 2. The molecule has 1 aliphatic carbocycles. The van der Waals surface area contributed by atoms with Gasteiger partial charge in [0.05, 0.1) is 0 Å². The zero-order valence-electron chi connectivity index (χ0n) is 13.7. The molecule has 2 heterocycles. The monoisotopic (exact) mass is 328 g/mol. The second-order valence-corrected chi connectivity index (χ2v) is 6.78. The van der Waals surface area contributed by atoms with Crippen molar-refractivity contribution in [1.82, 2.24) is 15.3 Å². The number of nitrogens with zero attached hydrogens (tertiary/aromatic N) is 3. The molecule has 2 fully saturated rings. The van der Waals surface area contributed by atoms with E-state index in [0.717, 1.165) is 49.5 Å². The number of hydrogen-bond acceptors (Lipinski definition) is 6. The second-order valence-electron chi connectivity index (χ2n) is 6.78. The van der Waals surface area contributed by atoms with Gasteiger partial charge in [-0.15, -0.1) is 0 Å². The summed E-state index contributed by atoms with van der Waals surface area (Å²) >= 11 is 0. The molecule has 1 atom stereocenters. The summed E-state index contributed by atoms with van der Waals surface area (Å²) in [6.07, 6.45) is 5.59. The van der Waals surface area contributed by atoms with Gasteiger partial charge in [0, 0.05) is 44.0 Å². The van der Waals surface area contributed by atoms with Gasteiger partial charge in [-0.25, -0.2) is 10.9 Å². The molecule has 4 rings (SSSR count). The fraction of sp³-hybridized carbons (Fsp3) is 0.471. The van der Waals surface area contributed by atoms with E-state index in [2.05, 4.69) is 28.4 Å². The number of amides is 1. The molecule has 1 saturated carbocycles. The van der Waals surface area contributed by atoms with Gasteiger partial charge in [0.1, 0.15) is 6.17 Å². The number of fused-ring (bicyclic) bond motifs is 1. The predicted octanol–water partition coefficient (Wildman–Crippen LogP) is -1.76. The summed E-state index contributed by atoms with van der Waals surface area (Å²) in [5.41, 5.74) is 1.20. The highest BCUT2D eigenvalue weighted by Crippen LogP contribution is 2.30. The number of piperazine rings is 1. The van der Waals surface area contributed by atoms with Crippen molar-refractivity contribution in [3.05, 3.63) is 28.6 Å². The van der Waals surface area contributed by atoms with Crippen LogP contribution in [0.4, 0.5) is 5.69 Å². The number of anilines is 1. The topological polar surface area (TPSA) is 90.9 Å². The first kappa shape index (κ1) is 15.4. The van der Waals surface area contributed by atoms with E-state index < -0.39 is 0 Å². The van der Waals surface area contributed by atoms with Crippen molar-refractivity contribution in [2.24, 2.45) is 17.6 Å². The Hall–Kier alpha value is -2.09. The molecule has 2 aliphatic heterocycles. The van der Waals surface area contributed by atoms with Gasteiger partial charge in [-0.3, -0.25) is 15.6 Å². The molecular weight excluding hydrogens is 304 g/mol. The number of hydrogen-bond donors (Lipinski definition) is 3. The molecule has 1 saturated heterocycles. The highest BCUT2D eigenvalue weighted by atomic mass is 16.2. The van der Waals surface area contributed by atoms with E-state index in [0.29, 0.717) is 0 Å². The van der Waals surface area contributed by atoms with Gasteiger partial charge in [0.15, 0.2) is 0 Å². The van der Waals surface area contributed by atoms with Crippen molar-refractivity contribution < 1.29 is 4.79 Å². The van der Waals surface area contributed by atoms with Crippen LogP contribution >= 0.6 is 0 Å². The van der Waals surface area contributed by atoms with Gasteiger partial charge in [0.2, 0.25) is 5.91 Å². The molecule has 128 valence electrons. The predicted molar refractivity (Wildman–Crippen MR) is 93.3 cm³/mol. The SMILES string of the molecule is NN1CCN(c2ccc3c(c2)=CNC(N(N)C(=O)C2CC2)C=3)CC1. The summed E-state index contributed by atoms with van der Waals surface area (Å²) in [6.45, 7) is 3.61. The average Bonchev–Trinajstić information content (AvgIpc) is 3.45. The lowest BCUT2D eigenvalue weighted by Crippen LogP contribution is -2.54. The molecule has 0 radical (unpaired) electrons. The molecule has 0 aromatic heterocycles. The van der Waals surface area contributed by atoms with E-state index in [-0.39, 0.29) is 18.0 Å². The van der Waals surface area contributed by atoms with Crippen molar-refractivity contribution in [2.75, 3.05) is 31.1 Å². The summed E-state index contributed by atoms with van der Waals surface area (Å²) in [5.74, 6) is 12.0. The van der Waals surface area contributed by atoms with Crippen LogP contribution < -0.4 is 32.3 Å². The van der Waals surface area contributed by atoms with Crippen LogP contribution in [0.1, 0.15) is 12.8 Å². The first-order chi connectivity index (χ1) is 11.6. The van der Waals surface area contributed by atoms with Gasteiger partial charge in [-0.1, -0.05) is 6.07 Å². The van der Waals surface area contributed by atoms with Crippen LogP contribution in [0.5, 0.6) is 0 Å². The lowest BCUT2D eigenvalue weighted by Gasteiger charge is -2.34. The summed E-state index contributed by atoms with van der Waals surface area (Å²) in [6, 6.07) is 6.39. The van der Waals surface area contributed by atoms with Crippen LogP contribution in [0.3, 0.4) is 0 Å². The zero-order valence-corrected chi connectivity index (χ0v) is 13.7. The summed E-state index contributed by atoms with van der Waals surface area (Å²) in [5, 5.41) is 8.62. The molecule has 3 aliphatic rings. The van der Waals surface area contributed by atoms with E-state index in [9.17, 15) is 4.79 Å². The highest BCUT2D eigenvalue weighted by Gasteiger charge is 2.34. The fourth-order valence-corrected chi connectivity index (χ4v) is 3.25. The van der Waals surface area contributed by atoms with Gasteiger partial charge >= 0.3 is 0 Å². The van der Waals surface area contributed by atoms with Crippen molar-refractivity contribution in [1.29, 1.82) is 0 Å². The van der Waals surface area contributed by atoms with E-state index in [4.69, 9.17) is 11.7 Å². The van der Waals surface area contributed by atoms with Gasteiger partial charge in [0.25, 0.3) is 0 Å². The third-order valence-corrected chi connectivity index (χ3v) is 4.98. The Balaban J connectivity index is 1.54. The number of benzene rings is 1. The minimum Gasteiger partial charge on any atom is -0.369 e. The Morgan fingerprint density at radius 3 is 2.62 bits per heavy atom. The Bertz CT molecular complexity index is 751. The molecule has 0 spiro atoms. The van der Waals surface area contributed by atoms with Crippen molar-refractivity contribution in [3.8, 4) is 0 Å². The van der Waals surface area contributed by atoms with E-state index in [1.165, 1.54) is 10.7 Å². The van der Waals surface area contributed by atoms with E-state index >= 15 is 0 Å². The highest BCUT2D eigenvalue weighted by molar-refractivity contribution is 5.81. The quantitative estimate of drug-likeness (QED) is 0.346. The lowest BCUT2D eigenvalue weighted by atomic mass is 10.1. The van der Waals surface area contributed by atoms with E-state index in [1.807, 2.05) is 17.3 Å². The average molecular weight is 328 g/mol. The minimum atomic E-state index is -0.280. The Morgan fingerprint density at radius 1 is 1.17 bits per heavy atom. The molecule has 1 unspecified atom stereocenters. The molecule has 7 nitrogen and oxygen atoms in total. The standard InChI is InChI=1S/C17H24N6O/c18-22-7-5-21(6-8-22)15-4-3-13-10-16(20-11-14(13)9-15)23(19)17(24)12-1-2-12/h3-4,9-12,16,20H,1-2,5-8,18-19H2. The van der Waals surface area contributed by atoms with Crippen LogP contribution in [-0.2, 0) is 4.79 Å². The minimum absolute atomic E-state index is 0.0249. The molecule has 24 heavy (non-hydrogen) atoms. The second kappa shape index (κ2) is 6.08. The maximum absolute atomic E-state index is 12.1. The number of rotatable bonds is 3. The number of nitrogens with two attached hydrogens (primary N) is 2. The molecule has 0 bridgehead atoms. The smallest absolute Gasteiger partial charge is 0.241 e. The third-order valence-electron chi connectivity index (χ3n) is 4.98. The Labute approximate surface area is 141 Å². The van der Waals surface area contributed by atoms with Gasteiger partial charge in [-0.05, 0) is 41.5 Å². The molecule has 5 N–H and O–H groups in total. The van der Waals surface area contributed by atoms with Crippen LogP contribution in [-0.4, -0.2) is 48.3 Å². The maximum atomic E-state index is 12.1. The van der Waals surface area contributed by atoms with Crippen LogP contribution in [0.2, 0.25) is 0 Å². The molecule has 7 heteroatoms. The molecule has 1 amide bonds. The zero-order chi connectivity index (χ0) is 16.7. The summed E-state index contributed by atoms with van der Waals surface area (Å²) < 4.78 is 0. The van der Waals surface area contributed by atoms with Crippen LogP contribution in [0, 0.1) is 5.92 Å². The van der Waals surface area contributed by atoms with Crippen LogP contribution in [0.25, 0.3) is 12.3 Å². The van der Waals surface area contributed by atoms with Crippen molar-refractivity contribution >= 4 is 23.9 Å². The number of carbonyl (C=O) groups is 1. The van der Waals surface area contributed by atoms with Gasteiger partial charge in [-0.2, -0.15) is 0 Å². The Morgan fingerprint density at radius 2 is 1.92 bits per heavy atom. The van der Waals surface area contributed by atoms with Gasteiger partial charge < -0.3 is 10.2 Å². The molecule has 1 aromatic rings. The molecular formula is C17H24N6O. The number of carbonyl (C=O) groups excluding carboxylic acids is 1. The third kappa shape index (κ3) is 2.98. The molecule has 1 aromatic carbocycles. The van der Waals surface area contributed by atoms with E-state index in [1.54, 1.807) is 0 Å². The first-order valence-electron chi connectivity index (χ1n) is 8.52. The largest absolute Gasteiger partial charge is 0.369 e. The first-order valence-corrected chi connectivity index (χ1v) is 8.52.